The molecule has 0 aliphatic carbocycles. The molecule has 2 rings (SSSR count). The van der Waals surface area contributed by atoms with Crippen molar-refractivity contribution in [1.82, 2.24) is 4.98 Å². The van der Waals surface area contributed by atoms with Gasteiger partial charge in [-0.1, -0.05) is 0 Å². The van der Waals surface area contributed by atoms with Crippen LogP contribution in [0.3, 0.4) is 0 Å². The largest absolute Gasteiger partial charge is 0.378 e. The van der Waals surface area contributed by atoms with Crippen LogP contribution >= 0.6 is 0 Å². The Bertz CT molecular complexity index is 401. The summed E-state index contributed by atoms with van der Waals surface area (Å²) >= 11 is 0. The van der Waals surface area contributed by atoms with Gasteiger partial charge in [0.25, 0.3) is 0 Å². The Balaban J connectivity index is 1.79. The molecule has 2 N–H and O–H groups in total. The van der Waals surface area contributed by atoms with Gasteiger partial charge in [-0.05, 0) is 37.8 Å². The van der Waals surface area contributed by atoms with Crippen molar-refractivity contribution in [3.05, 3.63) is 29.6 Å². The number of rotatable bonds is 6. The molecular formula is C14H20N2O2. The van der Waals surface area contributed by atoms with E-state index in [0.29, 0.717) is 19.1 Å². The van der Waals surface area contributed by atoms with Crippen molar-refractivity contribution in [3.8, 4) is 0 Å². The highest BCUT2D eigenvalue weighted by molar-refractivity contribution is 5.96. The summed E-state index contributed by atoms with van der Waals surface area (Å²) in [5.41, 5.74) is 7.00. The predicted octanol–water partition coefficient (Wildman–Crippen LogP) is 2.07. The fourth-order valence-electron chi connectivity index (χ4n) is 2.27. The summed E-state index contributed by atoms with van der Waals surface area (Å²) < 4.78 is 5.54. The standard InChI is InChI=1S/C14H20N2O2/c15-10-12-9-11(6-7-16-12)14(17)5-1-3-13-4-2-8-18-13/h6-7,9,13H,1-5,8,10,15H2. The van der Waals surface area contributed by atoms with Crippen LogP contribution in [0.5, 0.6) is 0 Å². The third-order valence-electron chi connectivity index (χ3n) is 3.30. The normalized spacial score (nSPS) is 19.1. The molecule has 0 radical (unpaired) electrons. The number of carbonyl (C=O) groups excluding carboxylic acids is 1. The molecule has 98 valence electrons. The number of hydrogen-bond donors (Lipinski definition) is 1. The number of aromatic nitrogens is 1. The van der Waals surface area contributed by atoms with Crippen LogP contribution in [-0.2, 0) is 11.3 Å². The molecule has 0 spiro atoms. The van der Waals surface area contributed by atoms with Crippen LogP contribution in [0.2, 0.25) is 0 Å². The summed E-state index contributed by atoms with van der Waals surface area (Å²) in [6.07, 6.45) is 6.77. The van der Waals surface area contributed by atoms with E-state index >= 15 is 0 Å². The number of pyridine rings is 1. The molecule has 1 aromatic rings. The zero-order valence-corrected chi connectivity index (χ0v) is 10.6. The van der Waals surface area contributed by atoms with Gasteiger partial charge >= 0.3 is 0 Å². The van der Waals surface area contributed by atoms with E-state index in [1.54, 1.807) is 18.3 Å². The van der Waals surface area contributed by atoms with E-state index in [1.807, 2.05) is 0 Å². The maximum atomic E-state index is 12.0. The van der Waals surface area contributed by atoms with Crippen molar-refractivity contribution in [2.75, 3.05) is 6.61 Å². The number of ether oxygens (including phenoxy) is 1. The van der Waals surface area contributed by atoms with Gasteiger partial charge in [-0.3, -0.25) is 9.78 Å². The van der Waals surface area contributed by atoms with E-state index in [1.165, 1.54) is 0 Å². The highest BCUT2D eigenvalue weighted by atomic mass is 16.5. The fraction of sp³-hybridized carbons (Fsp3) is 0.571. The van der Waals surface area contributed by atoms with Crippen molar-refractivity contribution in [1.29, 1.82) is 0 Å². The summed E-state index contributed by atoms with van der Waals surface area (Å²) in [5, 5.41) is 0. The van der Waals surface area contributed by atoms with Crippen molar-refractivity contribution in [3.63, 3.8) is 0 Å². The lowest BCUT2D eigenvalue weighted by Crippen LogP contribution is -2.07. The molecule has 18 heavy (non-hydrogen) atoms. The second-order valence-electron chi connectivity index (χ2n) is 4.69. The van der Waals surface area contributed by atoms with E-state index in [4.69, 9.17) is 10.5 Å². The van der Waals surface area contributed by atoms with Gasteiger partial charge in [-0.15, -0.1) is 0 Å². The number of nitrogens with two attached hydrogens (primary N) is 1. The Labute approximate surface area is 108 Å². The Hall–Kier alpha value is -1.26. The molecule has 1 atom stereocenters. The molecule has 1 aromatic heterocycles. The Morgan fingerprint density at radius 2 is 2.44 bits per heavy atom. The van der Waals surface area contributed by atoms with Crippen molar-refractivity contribution in [2.45, 2.75) is 44.8 Å². The molecule has 4 heteroatoms. The molecule has 1 aliphatic rings. The Kier molecular flexibility index (Phi) is 4.84. The highest BCUT2D eigenvalue weighted by Crippen LogP contribution is 2.18. The number of Topliss-reactive ketones (excluding diaryl/α,β-unsaturated/α-hetero) is 1. The minimum atomic E-state index is 0.171. The zero-order valence-electron chi connectivity index (χ0n) is 10.6. The molecular weight excluding hydrogens is 228 g/mol. The molecule has 0 bridgehead atoms. The summed E-state index contributed by atoms with van der Waals surface area (Å²) in [4.78, 5) is 16.1. The minimum absolute atomic E-state index is 0.171. The van der Waals surface area contributed by atoms with Gasteiger partial charge in [0.05, 0.1) is 11.8 Å². The van der Waals surface area contributed by atoms with Crippen molar-refractivity contribution >= 4 is 5.78 Å². The summed E-state index contributed by atoms with van der Waals surface area (Å²) in [6, 6.07) is 3.54. The molecule has 4 nitrogen and oxygen atoms in total. The number of carbonyl (C=O) groups is 1. The lowest BCUT2D eigenvalue weighted by molar-refractivity contribution is 0.0922. The topological polar surface area (TPSA) is 65.2 Å². The molecule has 1 saturated heterocycles. The zero-order chi connectivity index (χ0) is 12.8. The van der Waals surface area contributed by atoms with Gasteiger partial charge in [0.1, 0.15) is 0 Å². The number of ketones is 1. The van der Waals surface area contributed by atoms with E-state index in [0.717, 1.165) is 43.5 Å². The highest BCUT2D eigenvalue weighted by Gasteiger charge is 2.15. The lowest BCUT2D eigenvalue weighted by Gasteiger charge is -2.08. The van der Waals surface area contributed by atoms with Crippen LogP contribution in [0.15, 0.2) is 18.3 Å². The second kappa shape index (κ2) is 6.61. The number of hydrogen-bond acceptors (Lipinski definition) is 4. The average Bonchev–Trinajstić information content (AvgIpc) is 2.92. The molecule has 0 aromatic carbocycles. The minimum Gasteiger partial charge on any atom is -0.378 e. The quantitative estimate of drug-likeness (QED) is 0.783. The van der Waals surface area contributed by atoms with Gasteiger partial charge < -0.3 is 10.5 Å². The van der Waals surface area contributed by atoms with E-state index in [-0.39, 0.29) is 5.78 Å². The monoisotopic (exact) mass is 248 g/mol. The van der Waals surface area contributed by atoms with Gasteiger partial charge in [0, 0.05) is 31.3 Å². The van der Waals surface area contributed by atoms with Gasteiger partial charge in [0.15, 0.2) is 5.78 Å². The Morgan fingerprint density at radius 1 is 1.56 bits per heavy atom. The first-order chi connectivity index (χ1) is 8.79. The van der Waals surface area contributed by atoms with Gasteiger partial charge in [-0.25, -0.2) is 0 Å². The van der Waals surface area contributed by atoms with E-state index in [9.17, 15) is 4.79 Å². The van der Waals surface area contributed by atoms with Crippen LogP contribution in [0, 0.1) is 0 Å². The van der Waals surface area contributed by atoms with Crippen molar-refractivity contribution < 1.29 is 9.53 Å². The van der Waals surface area contributed by atoms with Crippen LogP contribution in [-0.4, -0.2) is 23.5 Å². The van der Waals surface area contributed by atoms with Gasteiger partial charge in [-0.2, -0.15) is 0 Å². The SMILES string of the molecule is NCc1cc(C(=O)CCCC2CCCO2)ccn1. The first kappa shape index (κ1) is 13.2. The summed E-state index contributed by atoms with van der Waals surface area (Å²) in [6.45, 7) is 1.25. The molecule has 2 heterocycles. The molecule has 0 saturated carbocycles. The van der Waals surface area contributed by atoms with E-state index < -0.39 is 0 Å². The summed E-state index contributed by atoms with van der Waals surface area (Å²) in [7, 11) is 0. The maximum Gasteiger partial charge on any atom is 0.162 e. The molecule has 0 amide bonds. The Morgan fingerprint density at radius 3 is 3.17 bits per heavy atom. The van der Waals surface area contributed by atoms with Crippen LogP contribution in [0.1, 0.15) is 48.2 Å². The van der Waals surface area contributed by atoms with Gasteiger partial charge in [0.2, 0.25) is 0 Å². The third kappa shape index (κ3) is 3.62. The van der Waals surface area contributed by atoms with Crippen LogP contribution in [0.4, 0.5) is 0 Å². The molecule has 1 unspecified atom stereocenters. The predicted molar refractivity (Wildman–Crippen MR) is 69.3 cm³/mol. The first-order valence-electron chi connectivity index (χ1n) is 6.59. The second-order valence-corrected chi connectivity index (χ2v) is 4.69. The average molecular weight is 248 g/mol. The third-order valence-corrected chi connectivity index (χ3v) is 3.30. The van der Waals surface area contributed by atoms with E-state index in [2.05, 4.69) is 4.98 Å². The number of nitrogens with zero attached hydrogens (tertiary/aromatic N) is 1. The smallest absolute Gasteiger partial charge is 0.162 e. The lowest BCUT2D eigenvalue weighted by atomic mass is 10.0. The molecule has 1 aliphatic heterocycles. The van der Waals surface area contributed by atoms with Crippen molar-refractivity contribution in [2.24, 2.45) is 5.73 Å². The molecule has 1 fully saturated rings. The van der Waals surface area contributed by atoms with Crippen LogP contribution < -0.4 is 5.73 Å². The first-order valence-corrected chi connectivity index (χ1v) is 6.59. The van der Waals surface area contributed by atoms with Crippen LogP contribution in [0.25, 0.3) is 0 Å². The summed E-state index contributed by atoms with van der Waals surface area (Å²) in [5.74, 6) is 0.171. The fourth-order valence-corrected chi connectivity index (χ4v) is 2.27. The maximum absolute atomic E-state index is 12.0.